The van der Waals surface area contributed by atoms with Crippen LogP contribution in [0, 0.1) is 0 Å². The molecular formula is C16H22N2O4. The van der Waals surface area contributed by atoms with E-state index in [2.05, 4.69) is 5.32 Å². The molecule has 1 aromatic rings. The molecule has 120 valence electrons. The van der Waals surface area contributed by atoms with Gasteiger partial charge in [0.25, 0.3) is 0 Å². The zero-order valence-corrected chi connectivity index (χ0v) is 12.8. The van der Waals surface area contributed by atoms with Gasteiger partial charge in [0.05, 0.1) is 19.8 Å². The molecule has 1 amide bonds. The third-order valence-corrected chi connectivity index (χ3v) is 3.43. The van der Waals surface area contributed by atoms with Crippen molar-refractivity contribution in [2.75, 3.05) is 32.8 Å². The van der Waals surface area contributed by atoms with E-state index in [1.807, 2.05) is 35.2 Å². The highest BCUT2D eigenvalue weighted by Crippen LogP contribution is 2.02. The number of carbonyl (C=O) groups is 2. The van der Waals surface area contributed by atoms with Crippen molar-refractivity contribution in [1.29, 1.82) is 0 Å². The van der Waals surface area contributed by atoms with E-state index in [9.17, 15) is 9.59 Å². The van der Waals surface area contributed by atoms with Crippen molar-refractivity contribution in [2.45, 2.75) is 19.6 Å². The van der Waals surface area contributed by atoms with Crippen molar-refractivity contribution in [3.63, 3.8) is 0 Å². The van der Waals surface area contributed by atoms with Crippen LogP contribution in [-0.4, -0.2) is 55.7 Å². The Hall–Kier alpha value is -1.92. The van der Waals surface area contributed by atoms with Gasteiger partial charge in [-0.25, -0.2) is 4.79 Å². The van der Waals surface area contributed by atoms with Crippen molar-refractivity contribution in [2.24, 2.45) is 0 Å². The Balaban J connectivity index is 1.69. The van der Waals surface area contributed by atoms with Gasteiger partial charge in [-0.05, 0) is 12.5 Å². The van der Waals surface area contributed by atoms with Crippen LogP contribution < -0.4 is 5.32 Å². The van der Waals surface area contributed by atoms with Gasteiger partial charge < -0.3 is 14.8 Å². The number of morpholine rings is 1. The monoisotopic (exact) mass is 306 g/mol. The Kier molecular flexibility index (Phi) is 6.36. The van der Waals surface area contributed by atoms with Gasteiger partial charge in [0.1, 0.15) is 12.6 Å². The zero-order valence-electron chi connectivity index (χ0n) is 12.8. The van der Waals surface area contributed by atoms with Crippen LogP contribution in [0.1, 0.15) is 12.5 Å². The Morgan fingerprint density at radius 1 is 1.27 bits per heavy atom. The fourth-order valence-corrected chi connectivity index (χ4v) is 2.16. The van der Waals surface area contributed by atoms with Gasteiger partial charge in [-0.15, -0.1) is 0 Å². The number of nitrogens with zero attached hydrogens (tertiary/aromatic N) is 1. The van der Waals surface area contributed by atoms with E-state index in [4.69, 9.17) is 9.47 Å². The minimum absolute atomic E-state index is 0.175. The van der Waals surface area contributed by atoms with Crippen LogP contribution in [0.2, 0.25) is 0 Å². The lowest BCUT2D eigenvalue weighted by Crippen LogP contribution is -2.47. The van der Waals surface area contributed by atoms with E-state index in [1.165, 1.54) is 0 Å². The largest absolute Gasteiger partial charge is 0.459 e. The number of carbonyl (C=O) groups excluding carboxylic acids is 2. The molecule has 2 rings (SSSR count). The second-order valence-corrected chi connectivity index (χ2v) is 5.27. The standard InChI is InChI=1S/C16H22N2O4/c1-13(16(20)22-12-14-5-3-2-4-6-14)17-15(19)11-18-7-9-21-10-8-18/h2-6,13H,7-12H2,1H3,(H,17,19). The number of benzene rings is 1. The van der Waals surface area contributed by atoms with Gasteiger partial charge in [-0.3, -0.25) is 9.69 Å². The first kappa shape index (κ1) is 16.5. The molecule has 0 saturated carbocycles. The number of hydrogen-bond acceptors (Lipinski definition) is 5. The summed E-state index contributed by atoms with van der Waals surface area (Å²) >= 11 is 0. The van der Waals surface area contributed by atoms with E-state index in [-0.39, 0.29) is 19.1 Å². The van der Waals surface area contributed by atoms with Crippen LogP contribution in [0.15, 0.2) is 30.3 Å². The van der Waals surface area contributed by atoms with Crippen molar-refractivity contribution in [3.05, 3.63) is 35.9 Å². The van der Waals surface area contributed by atoms with Gasteiger partial charge in [0.15, 0.2) is 0 Å². The number of ether oxygens (including phenoxy) is 2. The highest BCUT2D eigenvalue weighted by Gasteiger charge is 2.19. The molecule has 1 saturated heterocycles. The summed E-state index contributed by atoms with van der Waals surface area (Å²) in [6.07, 6.45) is 0. The van der Waals surface area contributed by atoms with Gasteiger partial charge in [0.2, 0.25) is 5.91 Å². The van der Waals surface area contributed by atoms with Crippen molar-refractivity contribution in [3.8, 4) is 0 Å². The molecular weight excluding hydrogens is 284 g/mol. The zero-order chi connectivity index (χ0) is 15.8. The normalized spacial score (nSPS) is 16.8. The molecule has 1 fully saturated rings. The Labute approximate surface area is 130 Å². The summed E-state index contributed by atoms with van der Waals surface area (Å²) in [5.41, 5.74) is 0.919. The average molecular weight is 306 g/mol. The van der Waals surface area contributed by atoms with Crippen LogP contribution in [0.25, 0.3) is 0 Å². The van der Waals surface area contributed by atoms with E-state index >= 15 is 0 Å². The Morgan fingerprint density at radius 2 is 1.95 bits per heavy atom. The maximum Gasteiger partial charge on any atom is 0.328 e. The molecule has 1 atom stereocenters. The van der Waals surface area contributed by atoms with E-state index in [1.54, 1.807) is 6.92 Å². The molecule has 1 aliphatic heterocycles. The summed E-state index contributed by atoms with van der Waals surface area (Å²) in [7, 11) is 0. The topological polar surface area (TPSA) is 67.9 Å². The number of rotatable bonds is 6. The molecule has 0 bridgehead atoms. The summed E-state index contributed by atoms with van der Waals surface area (Å²) in [4.78, 5) is 25.8. The van der Waals surface area contributed by atoms with Crippen LogP contribution in [-0.2, 0) is 25.7 Å². The molecule has 0 aromatic heterocycles. The van der Waals surface area contributed by atoms with Crippen LogP contribution >= 0.6 is 0 Å². The minimum atomic E-state index is -0.655. The summed E-state index contributed by atoms with van der Waals surface area (Å²) in [6.45, 7) is 4.87. The average Bonchev–Trinajstić information content (AvgIpc) is 2.54. The molecule has 6 heteroatoms. The number of hydrogen-bond donors (Lipinski definition) is 1. The summed E-state index contributed by atoms with van der Waals surface area (Å²) in [6, 6.07) is 8.79. The lowest BCUT2D eigenvalue weighted by molar-refractivity contribution is -0.148. The quantitative estimate of drug-likeness (QED) is 0.778. The summed E-state index contributed by atoms with van der Waals surface area (Å²) in [5.74, 6) is -0.606. The molecule has 0 radical (unpaired) electrons. The third-order valence-electron chi connectivity index (χ3n) is 3.43. The lowest BCUT2D eigenvalue weighted by Gasteiger charge is -2.26. The Bertz CT molecular complexity index is 486. The molecule has 1 heterocycles. The highest BCUT2D eigenvalue weighted by molar-refractivity contribution is 5.85. The van der Waals surface area contributed by atoms with Crippen molar-refractivity contribution < 1.29 is 19.1 Å². The number of amides is 1. The maximum absolute atomic E-state index is 11.9. The van der Waals surface area contributed by atoms with Gasteiger partial charge in [-0.2, -0.15) is 0 Å². The Morgan fingerprint density at radius 3 is 2.64 bits per heavy atom. The van der Waals surface area contributed by atoms with Gasteiger partial charge >= 0.3 is 5.97 Å². The highest BCUT2D eigenvalue weighted by atomic mass is 16.5. The minimum Gasteiger partial charge on any atom is -0.459 e. The molecule has 0 spiro atoms. The summed E-state index contributed by atoms with van der Waals surface area (Å²) < 4.78 is 10.4. The molecule has 1 unspecified atom stereocenters. The SMILES string of the molecule is CC(NC(=O)CN1CCOCC1)C(=O)OCc1ccccc1. The first-order valence-electron chi connectivity index (χ1n) is 7.45. The second kappa shape index (κ2) is 8.51. The predicted molar refractivity (Wildman–Crippen MR) is 81.1 cm³/mol. The van der Waals surface area contributed by atoms with Crippen molar-refractivity contribution in [1.82, 2.24) is 10.2 Å². The number of esters is 1. The predicted octanol–water partition coefficient (Wildman–Crippen LogP) is 0.567. The molecule has 22 heavy (non-hydrogen) atoms. The molecule has 1 aromatic carbocycles. The first-order chi connectivity index (χ1) is 10.6. The molecule has 6 nitrogen and oxygen atoms in total. The van der Waals surface area contributed by atoms with E-state index < -0.39 is 12.0 Å². The fourth-order valence-electron chi connectivity index (χ4n) is 2.16. The lowest BCUT2D eigenvalue weighted by atomic mass is 10.2. The second-order valence-electron chi connectivity index (χ2n) is 5.27. The smallest absolute Gasteiger partial charge is 0.328 e. The maximum atomic E-state index is 11.9. The molecule has 1 aliphatic rings. The van der Waals surface area contributed by atoms with E-state index in [0.29, 0.717) is 13.2 Å². The third kappa shape index (κ3) is 5.46. The van der Waals surface area contributed by atoms with Gasteiger partial charge in [-0.1, -0.05) is 30.3 Å². The van der Waals surface area contributed by atoms with Crippen molar-refractivity contribution >= 4 is 11.9 Å². The molecule has 0 aliphatic carbocycles. The fraction of sp³-hybridized carbons (Fsp3) is 0.500. The first-order valence-corrected chi connectivity index (χ1v) is 7.45. The van der Waals surface area contributed by atoms with Crippen LogP contribution in [0.4, 0.5) is 0 Å². The van der Waals surface area contributed by atoms with Gasteiger partial charge in [0, 0.05) is 13.1 Å². The number of nitrogens with one attached hydrogen (secondary N) is 1. The molecule has 1 N–H and O–H groups in total. The van der Waals surface area contributed by atoms with Crippen LogP contribution in [0.3, 0.4) is 0 Å². The van der Waals surface area contributed by atoms with E-state index in [0.717, 1.165) is 18.7 Å². The van der Waals surface area contributed by atoms with Crippen LogP contribution in [0.5, 0.6) is 0 Å². The summed E-state index contributed by atoms with van der Waals surface area (Å²) in [5, 5.41) is 2.67.